The first-order valence-corrected chi connectivity index (χ1v) is 13.5. The summed E-state index contributed by atoms with van der Waals surface area (Å²) >= 11 is 0. The molecule has 186 valence electrons. The van der Waals surface area contributed by atoms with Gasteiger partial charge in [0.2, 0.25) is 0 Å². The molecule has 0 atom stereocenters. The largest absolute Gasteiger partial charge is 0.264 e. The number of rotatable bonds is 4. The number of fused-ring (bicyclic) bond motifs is 3. The van der Waals surface area contributed by atoms with E-state index in [0.29, 0.717) is 5.82 Å². The maximum atomic E-state index is 5.23. The fourth-order valence-electron chi connectivity index (χ4n) is 5.95. The van der Waals surface area contributed by atoms with E-state index in [9.17, 15) is 0 Å². The van der Waals surface area contributed by atoms with Gasteiger partial charge in [0, 0.05) is 34.6 Å². The van der Waals surface area contributed by atoms with E-state index in [-0.39, 0.29) is 0 Å². The summed E-state index contributed by atoms with van der Waals surface area (Å²) in [6.07, 6.45) is 3.69. The molecule has 0 spiro atoms. The van der Waals surface area contributed by atoms with Crippen molar-refractivity contribution in [3.8, 4) is 67.3 Å². The van der Waals surface area contributed by atoms with E-state index in [1.165, 1.54) is 33.0 Å². The minimum atomic E-state index is 0.697. The van der Waals surface area contributed by atoms with Crippen molar-refractivity contribution in [2.75, 3.05) is 0 Å². The minimum Gasteiger partial charge on any atom is -0.264 e. The molecule has 0 amide bonds. The average Bonchev–Trinajstić information content (AvgIpc) is 3.37. The van der Waals surface area contributed by atoms with Crippen molar-refractivity contribution in [3.63, 3.8) is 0 Å². The van der Waals surface area contributed by atoms with Crippen molar-refractivity contribution >= 4 is 10.8 Å². The lowest BCUT2D eigenvalue weighted by molar-refractivity contribution is 1.18. The minimum absolute atomic E-state index is 0.697. The topological polar surface area (TPSA) is 38.7 Å². The van der Waals surface area contributed by atoms with Gasteiger partial charge in [0.25, 0.3) is 0 Å². The highest BCUT2D eigenvalue weighted by Crippen LogP contribution is 2.49. The Kier molecular flexibility index (Phi) is 5.14. The zero-order chi connectivity index (χ0) is 26.5. The number of pyridine rings is 1. The molecule has 8 rings (SSSR count). The summed E-state index contributed by atoms with van der Waals surface area (Å²) in [5, 5.41) is 2.49. The molecule has 0 unspecified atom stereocenters. The van der Waals surface area contributed by atoms with Crippen LogP contribution in [0.15, 0.2) is 140 Å². The molecule has 3 heteroatoms. The standard InChI is InChI=1S/C37H23N3/c1-2-10-24(11-3-1)34-22-35(40-37(39-34)33-16-7-4-13-26(33)25-12-9-21-38-23-25)29-19-20-32-28-15-6-5-14-27(28)30-17-8-18-31(29)36(30)32/h1-23H. The number of hydrogen-bond acceptors (Lipinski definition) is 3. The van der Waals surface area contributed by atoms with Crippen LogP contribution in [0.4, 0.5) is 0 Å². The number of benzene rings is 5. The van der Waals surface area contributed by atoms with Crippen molar-refractivity contribution in [2.45, 2.75) is 0 Å². The molecule has 2 aromatic heterocycles. The Hall–Kier alpha value is -5.41. The van der Waals surface area contributed by atoms with Gasteiger partial charge < -0.3 is 0 Å². The second kappa shape index (κ2) is 9.11. The maximum absolute atomic E-state index is 5.23. The quantitative estimate of drug-likeness (QED) is 0.237. The van der Waals surface area contributed by atoms with Crippen LogP contribution in [0.2, 0.25) is 0 Å². The second-order valence-corrected chi connectivity index (χ2v) is 10.0. The predicted molar refractivity (Wildman–Crippen MR) is 164 cm³/mol. The summed E-state index contributed by atoms with van der Waals surface area (Å²) in [6.45, 7) is 0. The van der Waals surface area contributed by atoms with Crippen LogP contribution in [0.5, 0.6) is 0 Å². The van der Waals surface area contributed by atoms with Crippen LogP contribution in [0.1, 0.15) is 0 Å². The molecule has 5 aromatic carbocycles. The van der Waals surface area contributed by atoms with E-state index in [1.807, 2.05) is 24.4 Å². The van der Waals surface area contributed by atoms with Gasteiger partial charge in [0.1, 0.15) is 0 Å². The molecule has 0 radical (unpaired) electrons. The molecular weight excluding hydrogens is 486 g/mol. The molecule has 1 aliphatic carbocycles. The Balaban J connectivity index is 1.39. The molecule has 0 saturated carbocycles. The van der Waals surface area contributed by atoms with Crippen LogP contribution >= 0.6 is 0 Å². The van der Waals surface area contributed by atoms with Gasteiger partial charge in [-0.05, 0) is 50.7 Å². The lowest BCUT2D eigenvalue weighted by Crippen LogP contribution is -1.98. The Bertz CT molecular complexity index is 2020. The molecule has 3 nitrogen and oxygen atoms in total. The number of nitrogens with zero attached hydrogens (tertiary/aromatic N) is 3. The highest BCUT2D eigenvalue weighted by atomic mass is 14.9. The van der Waals surface area contributed by atoms with Crippen LogP contribution in [0.3, 0.4) is 0 Å². The van der Waals surface area contributed by atoms with Gasteiger partial charge in [-0.15, -0.1) is 0 Å². The molecule has 0 aliphatic heterocycles. The molecule has 0 fully saturated rings. The summed E-state index contributed by atoms with van der Waals surface area (Å²) in [5.41, 5.74) is 12.2. The normalized spacial score (nSPS) is 11.5. The molecule has 2 heterocycles. The van der Waals surface area contributed by atoms with Crippen LogP contribution < -0.4 is 0 Å². The van der Waals surface area contributed by atoms with Crippen LogP contribution in [0.25, 0.3) is 78.1 Å². The first-order valence-electron chi connectivity index (χ1n) is 13.5. The SMILES string of the molecule is c1ccc(-c2cc(-c3ccc4c5c(cccc35)-c3ccccc3-4)nc(-c3ccccc3-c3cccnc3)n2)cc1. The second-order valence-electron chi connectivity index (χ2n) is 10.0. The van der Waals surface area contributed by atoms with Crippen molar-refractivity contribution in [3.05, 3.63) is 140 Å². The van der Waals surface area contributed by atoms with Gasteiger partial charge in [0.15, 0.2) is 5.82 Å². The van der Waals surface area contributed by atoms with Crippen molar-refractivity contribution in [1.29, 1.82) is 0 Å². The van der Waals surface area contributed by atoms with Crippen molar-refractivity contribution < 1.29 is 0 Å². The van der Waals surface area contributed by atoms with E-state index in [4.69, 9.17) is 9.97 Å². The number of hydrogen-bond donors (Lipinski definition) is 0. The maximum Gasteiger partial charge on any atom is 0.161 e. The molecule has 0 N–H and O–H groups in total. The molecule has 0 bridgehead atoms. The first kappa shape index (κ1) is 22.6. The number of aromatic nitrogens is 3. The summed E-state index contributed by atoms with van der Waals surface area (Å²) < 4.78 is 0. The molecular formula is C37H23N3. The van der Waals surface area contributed by atoms with Gasteiger partial charge in [-0.3, -0.25) is 4.98 Å². The summed E-state index contributed by atoms with van der Waals surface area (Å²) in [4.78, 5) is 14.7. The predicted octanol–water partition coefficient (Wildman–Crippen LogP) is 9.34. The fraction of sp³-hybridized carbons (Fsp3) is 0. The van der Waals surface area contributed by atoms with E-state index in [0.717, 1.165) is 39.2 Å². The summed E-state index contributed by atoms with van der Waals surface area (Å²) in [6, 6.07) is 44.6. The van der Waals surface area contributed by atoms with Gasteiger partial charge in [0.05, 0.1) is 11.4 Å². The van der Waals surface area contributed by atoms with E-state index >= 15 is 0 Å². The van der Waals surface area contributed by atoms with Gasteiger partial charge in [-0.1, -0.05) is 115 Å². The highest BCUT2D eigenvalue weighted by Gasteiger charge is 2.23. The van der Waals surface area contributed by atoms with E-state index in [1.54, 1.807) is 6.20 Å². The lowest BCUT2D eigenvalue weighted by Gasteiger charge is -2.14. The van der Waals surface area contributed by atoms with E-state index < -0.39 is 0 Å². The third-order valence-corrected chi connectivity index (χ3v) is 7.76. The molecule has 1 aliphatic rings. The third-order valence-electron chi connectivity index (χ3n) is 7.76. The van der Waals surface area contributed by atoms with Gasteiger partial charge >= 0.3 is 0 Å². The monoisotopic (exact) mass is 509 g/mol. The van der Waals surface area contributed by atoms with Crippen LogP contribution in [-0.2, 0) is 0 Å². The van der Waals surface area contributed by atoms with Crippen LogP contribution in [-0.4, -0.2) is 15.0 Å². The van der Waals surface area contributed by atoms with Crippen molar-refractivity contribution in [2.24, 2.45) is 0 Å². The fourth-order valence-corrected chi connectivity index (χ4v) is 5.95. The lowest BCUT2D eigenvalue weighted by atomic mass is 9.95. The molecule has 0 saturated heterocycles. The molecule has 40 heavy (non-hydrogen) atoms. The Morgan fingerprint density at radius 2 is 1.02 bits per heavy atom. The van der Waals surface area contributed by atoms with Gasteiger partial charge in [-0.25, -0.2) is 9.97 Å². The van der Waals surface area contributed by atoms with E-state index in [2.05, 4.69) is 114 Å². The third kappa shape index (κ3) is 3.56. The zero-order valence-electron chi connectivity index (χ0n) is 21.6. The Morgan fingerprint density at radius 3 is 1.80 bits per heavy atom. The van der Waals surface area contributed by atoms with Crippen LogP contribution in [0, 0.1) is 0 Å². The van der Waals surface area contributed by atoms with Crippen molar-refractivity contribution in [1.82, 2.24) is 15.0 Å². The Morgan fingerprint density at radius 1 is 0.400 bits per heavy atom. The van der Waals surface area contributed by atoms with Gasteiger partial charge in [-0.2, -0.15) is 0 Å². The zero-order valence-corrected chi connectivity index (χ0v) is 21.6. The summed E-state index contributed by atoms with van der Waals surface area (Å²) in [7, 11) is 0. The summed E-state index contributed by atoms with van der Waals surface area (Å²) in [5.74, 6) is 0.697. The Labute approximate surface area is 232 Å². The average molecular weight is 510 g/mol. The highest BCUT2D eigenvalue weighted by molar-refractivity contribution is 6.18. The molecule has 7 aromatic rings. The first-order chi connectivity index (χ1) is 19.8. The smallest absolute Gasteiger partial charge is 0.161 e.